The van der Waals surface area contributed by atoms with E-state index in [1.807, 2.05) is 0 Å². The minimum atomic E-state index is 0.0785. The van der Waals surface area contributed by atoms with Gasteiger partial charge in [0.1, 0.15) is 0 Å². The third-order valence-electron chi connectivity index (χ3n) is 2.64. The summed E-state index contributed by atoms with van der Waals surface area (Å²) in [5.41, 5.74) is 0.0785. The molecule has 1 rings (SSSR count). The summed E-state index contributed by atoms with van der Waals surface area (Å²) >= 11 is 0. The molecule has 0 radical (unpaired) electrons. The van der Waals surface area contributed by atoms with E-state index >= 15 is 0 Å². The zero-order valence-corrected chi connectivity index (χ0v) is 8.45. The fraction of sp³-hybridized carbons (Fsp3) is 0.700. The molecule has 0 aliphatic carbocycles. The first-order chi connectivity index (χ1) is 6.70. The predicted octanol–water partition coefficient (Wildman–Crippen LogP) is 0.152. The van der Waals surface area contributed by atoms with Gasteiger partial charge in [0.2, 0.25) is 0 Å². The fourth-order valence-electron chi connectivity index (χ4n) is 1.59. The summed E-state index contributed by atoms with van der Waals surface area (Å²) in [7, 11) is 0. The molecule has 0 aromatic heterocycles. The van der Waals surface area contributed by atoms with Crippen LogP contribution in [0, 0.1) is 12.3 Å². The molecule has 0 amide bonds. The zero-order chi connectivity index (χ0) is 10.4. The number of carbonyl (C=O) groups is 1. The Morgan fingerprint density at radius 3 is 2.79 bits per heavy atom. The molecular weight excluding hydrogens is 180 g/mol. The molecule has 1 N–H and O–H groups in total. The van der Waals surface area contributed by atoms with Crippen LogP contribution < -0.4 is 5.32 Å². The van der Waals surface area contributed by atoms with Gasteiger partial charge in [-0.05, 0) is 19.8 Å². The van der Waals surface area contributed by atoms with Gasteiger partial charge in [0.25, 0.3) is 0 Å². The van der Waals surface area contributed by atoms with Gasteiger partial charge in [-0.25, -0.2) is 0 Å². The molecule has 14 heavy (non-hydrogen) atoms. The Balaban J connectivity index is 2.33. The van der Waals surface area contributed by atoms with Crippen LogP contribution in [0.1, 0.15) is 19.8 Å². The third kappa shape index (κ3) is 3.02. The molecule has 1 aliphatic heterocycles. The molecule has 0 atom stereocenters. The van der Waals surface area contributed by atoms with Gasteiger partial charge in [-0.15, -0.1) is 11.5 Å². The lowest BCUT2D eigenvalue weighted by Crippen LogP contribution is -2.51. The Kier molecular flexibility index (Phi) is 3.93. The van der Waals surface area contributed by atoms with E-state index in [2.05, 4.69) is 18.2 Å². The van der Waals surface area contributed by atoms with Crippen molar-refractivity contribution in [2.45, 2.75) is 25.3 Å². The molecule has 0 bridgehead atoms. The molecule has 4 nitrogen and oxygen atoms in total. The molecule has 0 unspecified atom stereocenters. The van der Waals surface area contributed by atoms with Gasteiger partial charge >= 0.3 is 6.47 Å². The van der Waals surface area contributed by atoms with E-state index in [4.69, 9.17) is 11.3 Å². The van der Waals surface area contributed by atoms with E-state index in [-0.39, 0.29) is 5.54 Å². The molecule has 1 fully saturated rings. The van der Waals surface area contributed by atoms with Crippen LogP contribution in [-0.2, 0) is 9.63 Å². The van der Waals surface area contributed by atoms with Gasteiger partial charge < -0.3 is 10.2 Å². The number of nitrogens with zero attached hydrogens (tertiary/aromatic N) is 1. The Bertz CT molecular complexity index is 227. The number of rotatable bonds is 4. The Hall–Kier alpha value is -1.05. The van der Waals surface area contributed by atoms with E-state index in [1.54, 1.807) is 5.06 Å². The van der Waals surface area contributed by atoms with Crippen LogP contribution in [0.5, 0.6) is 0 Å². The average molecular weight is 196 g/mol. The van der Waals surface area contributed by atoms with Crippen LogP contribution in [0.25, 0.3) is 0 Å². The number of hydroxylamine groups is 2. The van der Waals surface area contributed by atoms with Gasteiger partial charge in [0.15, 0.2) is 0 Å². The quantitative estimate of drug-likeness (QED) is 0.513. The molecule has 1 saturated heterocycles. The zero-order valence-electron chi connectivity index (χ0n) is 8.45. The summed E-state index contributed by atoms with van der Waals surface area (Å²) in [4.78, 5) is 14.9. The Morgan fingerprint density at radius 2 is 2.29 bits per heavy atom. The number of hydrogen-bond acceptors (Lipinski definition) is 4. The van der Waals surface area contributed by atoms with Gasteiger partial charge in [-0.3, -0.25) is 4.79 Å². The largest absolute Gasteiger partial charge is 0.371 e. The molecule has 0 aromatic carbocycles. The molecule has 0 saturated carbocycles. The van der Waals surface area contributed by atoms with Gasteiger partial charge in [0, 0.05) is 18.6 Å². The highest BCUT2D eigenvalue weighted by molar-refractivity contribution is 5.36. The highest BCUT2D eigenvalue weighted by Gasteiger charge is 2.29. The topological polar surface area (TPSA) is 41.6 Å². The van der Waals surface area contributed by atoms with E-state index in [0.717, 1.165) is 25.9 Å². The average Bonchev–Trinajstić information content (AvgIpc) is 2.20. The van der Waals surface area contributed by atoms with E-state index in [1.165, 1.54) is 0 Å². The van der Waals surface area contributed by atoms with Gasteiger partial charge in [0.05, 0.1) is 6.54 Å². The Morgan fingerprint density at radius 1 is 1.64 bits per heavy atom. The van der Waals surface area contributed by atoms with Crippen molar-refractivity contribution in [2.24, 2.45) is 0 Å². The van der Waals surface area contributed by atoms with Crippen LogP contribution in [0.4, 0.5) is 0 Å². The summed E-state index contributed by atoms with van der Waals surface area (Å²) in [6.07, 6.45) is 7.05. The van der Waals surface area contributed by atoms with E-state index < -0.39 is 0 Å². The van der Waals surface area contributed by atoms with Crippen LogP contribution >= 0.6 is 0 Å². The second-order valence-electron chi connectivity index (χ2n) is 3.75. The maximum atomic E-state index is 10.1. The lowest BCUT2D eigenvalue weighted by molar-refractivity contribution is -0.181. The SMILES string of the molecule is C#CCNC1(C)CCN(OC=O)CC1. The molecule has 1 aliphatic rings. The van der Waals surface area contributed by atoms with E-state index in [0.29, 0.717) is 13.0 Å². The number of nitrogens with one attached hydrogen (secondary N) is 1. The van der Waals surface area contributed by atoms with Crippen molar-refractivity contribution >= 4 is 6.47 Å². The molecule has 78 valence electrons. The van der Waals surface area contributed by atoms with Crippen molar-refractivity contribution in [1.82, 2.24) is 10.4 Å². The van der Waals surface area contributed by atoms with Crippen molar-refractivity contribution in [3.05, 3.63) is 0 Å². The molecule has 0 aromatic rings. The van der Waals surface area contributed by atoms with Crippen LogP contribution in [0.15, 0.2) is 0 Å². The molecule has 0 spiro atoms. The van der Waals surface area contributed by atoms with Gasteiger partial charge in [-0.1, -0.05) is 5.92 Å². The standard InChI is InChI=1S/C10H16N2O2/c1-3-6-11-10(2)4-7-12(8-5-10)14-9-13/h1,9,11H,4-8H2,2H3. The highest BCUT2D eigenvalue weighted by atomic mass is 16.7. The summed E-state index contributed by atoms with van der Waals surface area (Å²) in [5.74, 6) is 2.56. The highest BCUT2D eigenvalue weighted by Crippen LogP contribution is 2.21. The second kappa shape index (κ2) is 4.99. The first-order valence-electron chi connectivity index (χ1n) is 4.74. The minimum absolute atomic E-state index is 0.0785. The monoisotopic (exact) mass is 196 g/mol. The number of terminal acetylenes is 1. The first-order valence-corrected chi connectivity index (χ1v) is 4.74. The smallest absolute Gasteiger partial charge is 0.312 e. The second-order valence-corrected chi connectivity index (χ2v) is 3.75. The maximum Gasteiger partial charge on any atom is 0.312 e. The number of hydrogen-bond donors (Lipinski definition) is 1. The normalized spacial score (nSPS) is 21.1. The Labute approximate surface area is 84.6 Å². The number of piperidine rings is 1. The molecular formula is C10H16N2O2. The van der Waals surface area contributed by atoms with Crippen LogP contribution in [0.2, 0.25) is 0 Å². The van der Waals surface area contributed by atoms with E-state index in [9.17, 15) is 4.79 Å². The molecule has 1 heterocycles. The first kappa shape index (κ1) is 11.0. The number of carbonyl (C=O) groups excluding carboxylic acids is 1. The maximum absolute atomic E-state index is 10.1. The van der Waals surface area contributed by atoms with Crippen molar-refractivity contribution in [3.63, 3.8) is 0 Å². The minimum Gasteiger partial charge on any atom is -0.371 e. The summed E-state index contributed by atoms with van der Waals surface area (Å²) < 4.78 is 0. The third-order valence-corrected chi connectivity index (χ3v) is 2.64. The van der Waals surface area contributed by atoms with Crippen LogP contribution in [-0.4, -0.2) is 36.7 Å². The van der Waals surface area contributed by atoms with Gasteiger partial charge in [-0.2, -0.15) is 0 Å². The summed E-state index contributed by atoms with van der Waals surface area (Å²) in [6, 6.07) is 0. The lowest BCUT2D eigenvalue weighted by atomic mass is 9.90. The van der Waals surface area contributed by atoms with Crippen molar-refractivity contribution in [1.29, 1.82) is 0 Å². The molecule has 4 heteroatoms. The summed E-state index contributed by atoms with van der Waals surface area (Å²) in [5, 5.41) is 4.98. The van der Waals surface area contributed by atoms with Crippen molar-refractivity contribution < 1.29 is 9.63 Å². The van der Waals surface area contributed by atoms with Crippen molar-refractivity contribution in [2.75, 3.05) is 19.6 Å². The fourth-order valence-corrected chi connectivity index (χ4v) is 1.59. The lowest BCUT2D eigenvalue weighted by Gasteiger charge is -2.38. The predicted molar refractivity (Wildman–Crippen MR) is 53.2 cm³/mol. The summed E-state index contributed by atoms with van der Waals surface area (Å²) in [6.45, 7) is 4.71. The van der Waals surface area contributed by atoms with Crippen molar-refractivity contribution in [3.8, 4) is 12.3 Å². The van der Waals surface area contributed by atoms with Crippen LogP contribution in [0.3, 0.4) is 0 Å².